The summed E-state index contributed by atoms with van der Waals surface area (Å²) >= 11 is 0. The van der Waals surface area contributed by atoms with Crippen molar-refractivity contribution in [2.45, 2.75) is 0 Å². The van der Waals surface area contributed by atoms with E-state index in [1.54, 1.807) is 0 Å². The predicted octanol–water partition coefficient (Wildman–Crippen LogP) is 11.7. The van der Waals surface area contributed by atoms with Gasteiger partial charge in [0.25, 0.3) is 0 Å². The molecular formula is C47H29N5. The number of hydrogen-bond donors (Lipinski definition) is 0. The molecule has 52 heavy (non-hydrogen) atoms. The van der Waals surface area contributed by atoms with Crippen LogP contribution in [0.5, 0.6) is 0 Å². The maximum absolute atomic E-state index is 5.25. The van der Waals surface area contributed by atoms with Crippen molar-refractivity contribution in [2.24, 2.45) is 0 Å². The standard InChI is InChI=1S/C47H29N5/c1-2-13-31(14-3-1)45-46-39(19-11-27-48-46)49-47(50-45)52-40-20-8-6-16-36(40)37-26-24-33(29-43(37)52)35-18-10-22-42-44(35)38-17-7-9-21-41(38)51(42)34-25-23-30-12-4-5-15-32(30)28-34/h1-29H. The highest BCUT2D eigenvalue weighted by Gasteiger charge is 2.20. The molecule has 7 aromatic carbocycles. The van der Waals surface area contributed by atoms with Gasteiger partial charge in [0.2, 0.25) is 5.95 Å². The Hall–Kier alpha value is -7.11. The zero-order valence-corrected chi connectivity index (χ0v) is 28.0. The molecule has 0 spiro atoms. The van der Waals surface area contributed by atoms with E-state index in [9.17, 15) is 0 Å². The highest BCUT2D eigenvalue weighted by Crippen LogP contribution is 2.41. The van der Waals surface area contributed by atoms with Gasteiger partial charge in [0.15, 0.2) is 0 Å². The van der Waals surface area contributed by atoms with Crippen molar-refractivity contribution in [3.63, 3.8) is 0 Å². The van der Waals surface area contributed by atoms with E-state index >= 15 is 0 Å². The fourth-order valence-electron chi connectivity index (χ4n) is 8.06. The van der Waals surface area contributed by atoms with Crippen molar-refractivity contribution in [2.75, 3.05) is 0 Å². The van der Waals surface area contributed by atoms with Crippen LogP contribution in [-0.4, -0.2) is 24.1 Å². The highest BCUT2D eigenvalue weighted by molar-refractivity contribution is 6.17. The van der Waals surface area contributed by atoms with Gasteiger partial charge in [-0.3, -0.25) is 9.55 Å². The molecule has 4 heterocycles. The van der Waals surface area contributed by atoms with Gasteiger partial charge in [0.05, 0.1) is 27.6 Å². The Morgan fingerprint density at radius 2 is 1.15 bits per heavy atom. The second kappa shape index (κ2) is 11.2. The fraction of sp³-hybridized carbons (Fsp3) is 0. The molecule has 0 radical (unpaired) electrons. The Labute approximate surface area is 298 Å². The van der Waals surface area contributed by atoms with E-state index in [0.29, 0.717) is 5.95 Å². The molecule has 0 fully saturated rings. The van der Waals surface area contributed by atoms with E-state index in [2.05, 4.69) is 149 Å². The Balaban J connectivity index is 1.18. The van der Waals surface area contributed by atoms with E-state index < -0.39 is 0 Å². The molecule has 11 aromatic rings. The van der Waals surface area contributed by atoms with Gasteiger partial charge in [-0.1, -0.05) is 121 Å². The molecule has 0 N–H and O–H groups in total. The summed E-state index contributed by atoms with van der Waals surface area (Å²) in [6, 6.07) is 60.3. The van der Waals surface area contributed by atoms with E-state index in [0.717, 1.165) is 55.3 Å². The van der Waals surface area contributed by atoms with Crippen LogP contribution in [-0.2, 0) is 0 Å². The average molecular weight is 664 g/mol. The second-order valence-corrected chi connectivity index (χ2v) is 13.3. The number of para-hydroxylation sites is 2. The van der Waals surface area contributed by atoms with Crippen LogP contribution in [0.1, 0.15) is 0 Å². The van der Waals surface area contributed by atoms with Crippen LogP contribution >= 0.6 is 0 Å². The fourth-order valence-corrected chi connectivity index (χ4v) is 8.06. The van der Waals surface area contributed by atoms with Crippen molar-refractivity contribution in [3.8, 4) is 34.0 Å². The van der Waals surface area contributed by atoms with Crippen LogP contribution in [0.4, 0.5) is 0 Å². The summed E-state index contributed by atoms with van der Waals surface area (Å²) in [4.78, 5) is 15.1. The van der Waals surface area contributed by atoms with Crippen molar-refractivity contribution in [3.05, 3.63) is 176 Å². The third-order valence-electron chi connectivity index (χ3n) is 10.4. The molecule has 0 aliphatic heterocycles. The van der Waals surface area contributed by atoms with Crippen molar-refractivity contribution >= 4 is 65.4 Å². The summed E-state index contributed by atoms with van der Waals surface area (Å²) in [5.74, 6) is 0.619. The average Bonchev–Trinajstić information content (AvgIpc) is 3.73. The lowest BCUT2D eigenvalue weighted by atomic mass is 9.98. The second-order valence-electron chi connectivity index (χ2n) is 13.3. The predicted molar refractivity (Wildman–Crippen MR) is 214 cm³/mol. The van der Waals surface area contributed by atoms with Crippen molar-refractivity contribution < 1.29 is 0 Å². The summed E-state index contributed by atoms with van der Waals surface area (Å²) in [5, 5.41) is 7.22. The summed E-state index contributed by atoms with van der Waals surface area (Å²) in [6.07, 6.45) is 1.81. The molecule has 0 aliphatic carbocycles. The molecule has 242 valence electrons. The van der Waals surface area contributed by atoms with Gasteiger partial charge in [-0.2, -0.15) is 0 Å². The maximum atomic E-state index is 5.25. The Morgan fingerprint density at radius 1 is 0.423 bits per heavy atom. The quantitative estimate of drug-likeness (QED) is 0.188. The first-order valence-electron chi connectivity index (χ1n) is 17.5. The van der Waals surface area contributed by atoms with Gasteiger partial charge >= 0.3 is 0 Å². The molecule has 0 aliphatic rings. The largest absolute Gasteiger partial charge is 0.309 e. The van der Waals surface area contributed by atoms with Crippen molar-refractivity contribution in [1.82, 2.24) is 24.1 Å². The number of benzene rings is 7. The van der Waals surface area contributed by atoms with Gasteiger partial charge in [-0.05, 0) is 70.4 Å². The minimum Gasteiger partial charge on any atom is -0.309 e. The molecule has 0 saturated carbocycles. The molecule has 5 heteroatoms. The van der Waals surface area contributed by atoms with Gasteiger partial charge < -0.3 is 4.57 Å². The minimum absolute atomic E-state index is 0.619. The topological polar surface area (TPSA) is 48.5 Å². The smallest absolute Gasteiger partial charge is 0.235 e. The molecular weight excluding hydrogens is 635 g/mol. The van der Waals surface area contributed by atoms with Crippen LogP contribution < -0.4 is 0 Å². The summed E-state index contributed by atoms with van der Waals surface area (Å²) in [5.41, 5.74) is 11.3. The highest BCUT2D eigenvalue weighted by atomic mass is 15.2. The molecule has 4 aromatic heterocycles. The Kier molecular flexibility index (Phi) is 6.18. The first kappa shape index (κ1) is 28.7. The molecule has 11 rings (SSSR count). The lowest BCUT2D eigenvalue weighted by Gasteiger charge is -2.12. The molecule has 0 unspecified atom stereocenters. The van der Waals surface area contributed by atoms with Crippen LogP contribution in [0.2, 0.25) is 0 Å². The van der Waals surface area contributed by atoms with E-state index in [1.807, 2.05) is 36.5 Å². The van der Waals surface area contributed by atoms with Gasteiger partial charge in [-0.25, -0.2) is 9.97 Å². The Bertz CT molecular complexity index is 3190. The normalized spacial score (nSPS) is 11.8. The number of aromatic nitrogens is 5. The van der Waals surface area contributed by atoms with E-state index in [4.69, 9.17) is 15.0 Å². The third kappa shape index (κ3) is 4.26. The summed E-state index contributed by atoms with van der Waals surface area (Å²) in [6.45, 7) is 0. The van der Waals surface area contributed by atoms with Crippen LogP contribution in [0.3, 0.4) is 0 Å². The van der Waals surface area contributed by atoms with Crippen LogP contribution in [0.25, 0.3) is 99.4 Å². The number of pyridine rings is 1. The number of nitrogens with zero attached hydrogens (tertiary/aromatic N) is 5. The van der Waals surface area contributed by atoms with Gasteiger partial charge in [-0.15, -0.1) is 0 Å². The van der Waals surface area contributed by atoms with E-state index in [-0.39, 0.29) is 0 Å². The minimum atomic E-state index is 0.619. The van der Waals surface area contributed by atoms with Gasteiger partial charge in [0.1, 0.15) is 11.2 Å². The number of rotatable bonds is 4. The maximum Gasteiger partial charge on any atom is 0.235 e. The SMILES string of the molecule is c1ccc(-c2nc(-n3c4ccccc4c4ccc(-c5cccc6c5c5ccccc5n6-c5ccc6ccccc6c5)cc43)nc3cccnc23)cc1. The van der Waals surface area contributed by atoms with Crippen LogP contribution in [0, 0.1) is 0 Å². The van der Waals surface area contributed by atoms with Crippen molar-refractivity contribution in [1.29, 1.82) is 0 Å². The molecule has 0 atom stereocenters. The Morgan fingerprint density at radius 3 is 2.04 bits per heavy atom. The molecule has 5 nitrogen and oxygen atoms in total. The summed E-state index contributed by atoms with van der Waals surface area (Å²) in [7, 11) is 0. The lowest BCUT2D eigenvalue weighted by Crippen LogP contribution is -2.04. The molecule has 0 saturated heterocycles. The van der Waals surface area contributed by atoms with Crippen LogP contribution in [0.15, 0.2) is 176 Å². The summed E-state index contributed by atoms with van der Waals surface area (Å²) < 4.78 is 4.61. The molecule has 0 bridgehead atoms. The number of hydrogen-bond acceptors (Lipinski definition) is 3. The first-order chi connectivity index (χ1) is 25.8. The zero-order valence-electron chi connectivity index (χ0n) is 28.0. The lowest BCUT2D eigenvalue weighted by molar-refractivity contribution is 1.01. The zero-order chi connectivity index (χ0) is 34.2. The monoisotopic (exact) mass is 663 g/mol. The van der Waals surface area contributed by atoms with Gasteiger partial charge in [0, 0.05) is 39.0 Å². The molecule has 0 amide bonds. The van der Waals surface area contributed by atoms with E-state index in [1.165, 1.54) is 38.1 Å². The first-order valence-corrected chi connectivity index (χ1v) is 17.5. The third-order valence-corrected chi connectivity index (χ3v) is 10.4. The number of fused-ring (bicyclic) bond motifs is 8.